The highest BCUT2D eigenvalue weighted by atomic mass is 16.3. The number of nitrogens with zero attached hydrogens (tertiary/aromatic N) is 2. The molecule has 5 heteroatoms. The Labute approximate surface area is 92.8 Å². The molecule has 1 heterocycles. The molecule has 0 bridgehead atoms. The summed E-state index contributed by atoms with van der Waals surface area (Å²) in [6.07, 6.45) is 0. The lowest BCUT2D eigenvalue weighted by molar-refractivity contribution is 0.471. The predicted molar refractivity (Wildman–Crippen MR) is 62.7 cm³/mol. The average molecular weight is 216 g/mol. The molecule has 1 aromatic heterocycles. The molecule has 5 nitrogen and oxygen atoms in total. The van der Waals surface area contributed by atoms with Crippen molar-refractivity contribution >= 4 is 11.6 Å². The third-order valence-electron chi connectivity index (χ3n) is 2.31. The second kappa shape index (κ2) is 3.69. The number of hydrogen-bond donors (Lipinski definition) is 3. The van der Waals surface area contributed by atoms with Crippen LogP contribution in [0.2, 0.25) is 0 Å². The van der Waals surface area contributed by atoms with E-state index >= 15 is 0 Å². The number of phenols is 1. The molecule has 2 aromatic rings. The van der Waals surface area contributed by atoms with Crippen LogP contribution in [-0.4, -0.2) is 15.1 Å². The van der Waals surface area contributed by atoms with Gasteiger partial charge in [-0.15, -0.1) is 0 Å². The van der Waals surface area contributed by atoms with E-state index in [1.54, 1.807) is 19.1 Å². The van der Waals surface area contributed by atoms with Gasteiger partial charge in [-0.25, -0.2) is 9.97 Å². The maximum atomic E-state index is 9.58. The molecular weight excluding hydrogens is 204 g/mol. The van der Waals surface area contributed by atoms with Crippen LogP contribution in [0.3, 0.4) is 0 Å². The molecule has 0 saturated carbocycles. The molecule has 82 valence electrons. The van der Waals surface area contributed by atoms with Crippen LogP contribution in [0.5, 0.6) is 5.75 Å². The molecule has 16 heavy (non-hydrogen) atoms. The normalized spacial score (nSPS) is 10.3. The first-order valence-corrected chi connectivity index (χ1v) is 4.77. The Hall–Kier alpha value is -2.30. The molecule has 0 saturated heterocycles. The number of rotatable bonds is 1. The van der Waals surface area contributed by atoms with E-state index < -0.39 is 0 Å². The molecule has 0 aliphatic rings. The Bertz CT molecular complexity index is 519. The van der Waals surface area contributed by atoms with Crippen molar-refractivity contribution in [3.05, 3.63) is 29.8 Å². The van der Waals surface area contributed by atoms with Crippen molar-refractivity contribution < 1.29 is 5.11 Å². The third-order valence-corrected chi connectivity index (χ3v) is 2.31. The highest BCUT2D eigenvalue weighted by molar-refractivity contribution is 5.65. The van der Waals surface area contributed by atoms with Gasteiger partial charge >= 0.3 is 0 Å². The number of aromatic nitrogens is 2. The molecule has 0 radical (unpaired) electrons. The van der Waals surface area contributed by atoms with E-state index in [-0.39, 0.29) is 5.75 Å². The lowest BCUT2D eigenvalue weighted by Gasteiger charge is -2.07. The molecule has 0 aliphatic heterocycles. The first kappa shape index (κ1) is 10.2. The van der Waals surface area contributed by atoms with Gasteiger partial charge in [0.1, 0.15) is 17.4 Å². The van der Waals surface area contributed by atoms with Crippen LogP contribution in [0, 0.1) is 6.92 Å². The summed E-state index contributed by atoms with van der Waals surface area (Å²) in [6.45, 7) is 1.79. The number of hydrogen-bond acceptors (Lipinski definition) is 5. The fraction of sp³-hybridized carbons (Fsp3) is 0.0909. The van der Waals surface area contributed by atoms with Crippen LogP contribution in [0.1, 0.15) is 5.56 Å². The van der Waals surface area contributed by atoms with Crippen LogP contribution in [-0.2, 0) is 0 Å². The van der Waals surface area contributed by atoms with E-state index in [9.17, 15) is 5.11 Å². The van der Waals surface area contributed by atoms with Crippen molar-refractivity contribution in [1.82, 2.24) is 9.97 Å². The topological polar surface area (TPSA) is 98.0 Å². The number of phenolic OH excluding ortho intramolecular Hbond substituents is 1. The molecule has 1 aromatic carbocycles. The highest BCUT2D eigenvalue weighted by Crippen LogP contribution is 2.27. The second-order valence-corrected chi connectivity index (χ2v) is 3.49. The minimum atomic E-state index is 0.196. The quantitative estimate of drug-likeness (QED) is 0.667. The van der Waals surface area contributed by atoms with E-state index in [2.05, 4.69) is 9.97 Å². The zero-order chi connectivity index (χ0) is 11.7. The third kappa shape index (κ3) is 1.75. The van der Waals surface area contributed by atoms with E-state index in [0.29, 0.717) is 23.0 Å². The smallest absolute Gasteiger partial charge is 0.164 e. The molecule has 0 amide bonds. The summed E-state index contributed by atoms with van der Waals surface area (Å²) in [4.78, 5) is 8.16. The minimum absolute atomic E-state index is 0.196. The molecule has 0 fully saturated rings. The van der Waals surface area contributed by atoms with Crippen molar-refractivity contribution in [3.63, 3.8) is 0 Å². The standard InChI is InChI=1S/C11H12N4O/c1-6-7(3-2-4-8(6)16)11-14-9(12)5-10(13)15-11/h2-5,16H,1H3,(H4,12,13,14,15). The monoisotopic (exact) mass is 216 g/mol. The first-order chi connectivity index (χ1) is 7.58. The molecule has 2 rings (SSSR count). The molecule has 0 aliphatic carbocycles. The second-order valence-electron chi connectivity index (χ2n) is 3.49. The van der Waals surface area contributed by atoms with Gasteiger partial charge in [0.05, 0.1) is 0 Å². The number of benzene rings is 1. The van der Waals surface area contributed by atoms with Gasteiger partial charge in [-0.1, -0.05) is 12.1 Å². The Morgan fingerprint density at radius 2 is 1.75 bits per heavy atom. The lowest BCUT2D eigenvalue weighted by Crippen LogP contribution is -2.00. The van der Waals surface area contributed by atoms with Gasteiger partial charge in [-0.2, -0.15) is 0 Å². The summed E-state index contributed by atoms with van der Waals surface area (Å²) in [5.41, 5.74) is 12.6. The number of nitrogen functional groups attached to an aromatic ring is 2. The van der Waals surface area contributed by atoms with Crippen molar-refractivity contribution in [3.8, 4) is 17.1 Å². The molecular formula is C11H12N4O. The molecule has 0 spiro atoms. The summed E-state index contributed by atoms with van der Waals surface area (Å²) in [7, 11) is 0. The fourth-order valence-electron chi connectivity index (χ4n) is 1.47. The van der Waals surface area contributed by atoms with Crippen LogP contribution in [0.15, 0.2) is 24.3 Å². The van der Waals surface area contributed by atoms with Crippen molar-refractivity contribution in [1.29, 1.82) is 0 Å². The minimum Gasteiger partial charge on any atom is -0.508 e. The zero-order valence-corrected chi connectivity index (χ0v) is 8.81. The zero-order valence-electron chi connectivity index (χ0n) is 8.81. The van der Waals surface area contributed by atoms with Gasteiger partial charge in [0.2, 0.25) is 0 Å². The van der Waals surface area contributed by atoms with Gasteiger partial charge < -0.3 is 16.6 Å². The van der Waals surface area contributed by atoms with E-state index in [0.717, 1.165) is 5.56 Å². The number of anilines is 2. The van der Waals surface area contributed by atoms with Crippen molar-refractivity contribution in [2.24, 2.45) is 0 Å². The Morgan fingerprint density at radius 3 is 2.38 bits per heavy atom. The number of nitrogens with two attached hydrogens (primary N) is 2. The largest absolute Gasteiger partial charge is 0.508 e. The maximum Gasteiger partial charge on any atom is 0.164 e. The van der Waals surface area contributed by atoms with Crippen molar-refractivity contribution in [2.75, 3.05) is 11.5 Å². The summed E-state index contributed by atoms with van der Waals surface area (Å²) < 4.78 is 0. The fourth-order valence-corrected chi connectivity index (χ4v) is 1.47. The van der Waals surface area contributed by atoms with Gasteiger partial charge in [-0.3, -0.25) is 0 Å². The summed E-state index contributed by atoms with van der Waals surface area (Å²) in [5, 5.41) is 9.58. The van der Waals surface area contributed by atoms with Gasteiger partial charge in [0, 0.05) is 17.2 Å². The van der Waals surface area contributed by atoms with Crippen LogP contribution < -0.4 is 11.5 Å². The lowest BCUT2D eigenvalue weighted by atomic mass is 10.1. The van der Waals surface area contributed by atoms with Gasteiger partial charge in [0.25, 0.3) is 0 Å². The maximum absolute atomic E-state index is 9.58. The summed E-state index contributed by atoms with van der Waals surface area (Å²) >= 11 is 0. The van der Waals surface area contributed by atoms with Gasteiger partial charge in [-0.05, 0) is 13.0 Å². The predicted octanol–water partition coefficient (Wildman–Crippen LogP) is 1.32. The highest BCUT2D eigenvalue weighted by Gasteiger charge is 2.09. The van der Waals surface area contributed by atoms with E-state index in [1.807, 2.05) is 6.07 Å². The van der Waals surface area contributed by atoms with E-state index in [4.69, 9.17) is 11.5 Å². The van der Waals surface area contributed by atoms with Gasteiger partial charge in [0.15, 0.2) is 5.82 Å². The van der Waals surface area contributed by atoms with Crippen LogP contribution in [0.4, 0.5) is 11.6 Å². The molecule has 0 atom stereocenters. The first-order valence-electron chi connectivity index (χ1n) is 4.77. The van der Waals surface area contributed by atoms with E-state index in [1.165, 1.54) is 6.07 Å². The number of aromatic hydroxyl groups is 1. The van der Waals surface area contributed by atoms with Crippen LogP contribution >= 0.6 is 0 Å². The molecule has 5 N–H and O–H groups in total. The summed E-state index contributed by atoms with van der Waals surface area (Å²) in [6, 6.07) is 6.62. The Morgan fingerprint density at radius 1 is 1.12 bits per heavy atom. The summed E-state index contributed by atoms with van der Waals surface area (Å²) in [5.74, 6) is 1.24. The average Bonchev–Trinajstić information content (AvgIpc) is 2.20. The Balaban J connectivity index is 2.63. The van der Waals surface area contributed by atoms with Crippen LogP contribution in [0.25, 0.3) is 11.4 Å². The Kier molecular flexibility index (Phi) is 2.36. The SMILES string of the molecule is Cc1c(O)cccc1-c1nc(N)cc(N)n1. The molecule has 0 unspecified atom stereocenters. The van der Waals surface area contributed by atoms with Crippen molar-refractivity contribution in [2.45, 2.75) is 6.92 Å².